The molecule has 27 heavy (non-hydrogen) atoms. The second-order valence-corrected chi connectivity index (χ2v) is 6.58. The van der Waals surface area contributed by atoms with Gasteiger partial charge < -0.3 is 9.64 Å². The number of carbonyl (C=O) groups excluding carboxylic acids is 1. The van der Waals surface area contributed by atoms with Gasteiger partial charge in [0.1, 0.15) is 5.75 Å². The fraction of sp³-hybridized carbons (Fsp3) is 0.350. The highest BCUT2D eigenvalue weighted by molar-refractivity contribution is 5.91. The summed E-state index contributed by atoms with van der Waals surface area (Å²) in [6.45, 7) is 7.56. The van der Waals surface area contributed by atoms with Gasteiger partial charge in [-0.25, -0.2) is 4.68 Å². The second-order valence-electron chi connectivity index (χ2n) is 6.58. The molecule has 0 N–H and O–H groups in total. The van der Waals surface area contributed by atoms with Gasteiger partial charge in [0.25, 0.3) is 5.91 Å². The van der Waals surface area contributed by atoms with Crippen molar-refractivity contribution in [2.45, 2.75) is 40.6 Å². The van der Waals surface area contributed by atoms with E-state index in [0.717, 1.165) is 29.1 Å². The third-order valence-electron chi connectivity index (χ3n) is 4.41. The van der Waals surface area contributed by atoms with Crippen molar-refractivity contribution in [2.24, 2.45) is 0 Å². The Morgan fingerprint density at radius 2 is 2.04 bits per heavy atom. The molecule has 0 saturated heterocycles. The molecule has 0 fully saturated rings. The second kappa shape index (κ2) is 8.07. The molecule has 3 rings (SSSR count). The monoisotopic (exact) mass is 367 g/mol. The highest BCUT2D eigenvalue weighted by Gasteiger charge is 2.16. The number of carbonyl (C=O) groups is 1. The van der Waals surface area contributed by atoms with Crippen LogP contribution in [0.5, 0.6) is 5.75 Å². The van der Waals surface area contributed by atoms with Crippen molar-refractivity contribution in [2.75, 3.05) is 7.05 Å². The number of hydrogen-bond acceptors (Lipinski definition) is 4. The highest BCUT2D eigenvalue weighted by Crippen LogP contribution is 2.19. The lowest BCUT2D eigenvalue weighted by Gasteiger charge is -2.16. The van der Waals surface area contributed by atoms with Crippen molar-refractivity contribution in [1.82, 2.24) is 24.5 Å². The molecule has 0 aliphatic heterocycles. The van der Waals surface area contributed by atoms with Gasteiger partial charge in [-0.2, -0.15) is 10.2 Å². The molecule has 0 spiro atoms. The summed E-state index contributed by atoms with van der Waals surface area (Å²) in [4.78, 5) is 14.3. The number of aromatic nitrogens is 4. The predicted octanol–water partition coefficient (Wildman–Crippen LogP) is 3.03. The van der Waals surface area contributed by atoms with Gasteiger partial charge in [-0.1, -0.05) is 12.1 Å². The van der Waals surface area contributed by atoms with Crippen LogP contribution in [-0.4, -0.2) is 37.4 Å². The first kappa shape index (κ1) is 18.7. The number of ether oxygens (including phenoxy) is 1. The van der Waals surface area contributed by atoms with Crippen molar-refractivity contribution in [3.8, 4) is 5.75 Å². The maximum atomic E-state index is 12.6. The van der Waals surface area contributed by atoms with Crippen molar-refractivity contribution in [1.29, 1.82) is 0 Å². The summed E-state index contributed by atoms with van der Waals surface area (Å²) in [5.41, 5.74) is 3.59. The Labute approximate surface area is 159 Å². The summed E-state index contributed by atoms with van der Waals surface area (Å²) in [6.07, 6.45) is 3.50. The van der Waals surface area contributed by atoms with Crippen LogP contribution in [0.25, 0.3) is 0 Å². The minimum absolute atomic E-state index is 0.135. The van der Waals surface area contributed by atoms with Crippen molar-refractivity contribution in [3.63, 3.8) is 0 Å². The maximum absolute atomic E-state index is 12.6. The van der Waals surface area contributed by atoms with E-state index in [1.807, 2.05) is 49.7 Å². The van der Waals surface area contributed by atoms with E-state index < -0.39 is 0 Å². The molecule has 0 aliphatic rings. The van der Waals surface area contributed by atoms with Crippen LogP contribution < -0.4 is 4.74 Å². The molecule has 1 aromatic carbocycles. The number of aryl methyl sites for hydroxylation is 3. The normalized spacial score (nSPS) is 10.8. The Hall–Kier alpha value is -3.09. The number of benzene rings is 1. The zero-order valence-corrected chi connectivity index (χ0v) is 16.2. The summed E-state index contributed by atoms with van der Waals surface area (Å²) in [5.74, 6) is 0.688. The van der Waals surface area contributed by atoms with E-state index in [2.05, 4.69) is 10.2 Å². The molecular weight excluding hydrogens is 342 g/mol. The molecule has 1 amide bonds. The Morgan fingerprint density at radius 1 is 1.22 bits per heavy atom. The predicted molar refractivity (Wildman–Crippen MR) is 102 cm³/mol. The average molecular weight is 367 g/mol. The molecular formula is C20H25N5O2. The van der Waals surface area contributed by atoms with Crippen molar-refractivity contribution in [3.05, 3.63) is 65.2 Å². The van der Waals surface area contributed by atoms with E-state index in [1.165, 1.54) is 0 Å². The van der Waals surface area contributed by atoms with Crippen LogP contribution in [-0.2, 0) is 19.8 Å². The Kier molecular flexibility index (Phi) is 5.59. The summed E-state index contributed by atoms with van der Waals surface area (Å²) in [5, 5.41) is 8.58. The largest absolute Gasteiger partial charge is 0.471 e. The lowest BCUT2D eigenvalue weighted by Crippen LogP contribution is -2.28. The van der Waals surface area contributed by atoms with E-state index in [-0.39, 0.29) is 12.6 Å². The Bertz CT molecular complexity index is 928. The van der Waals surface area contributed by atoms with E-state index in [0.29, 0.717) is 12.2 Å². The van der Waals surface area contributed by atoms with Crippen LogP contribution in [0.4, 0.5) is 0 Å². The van der Waals surface area contributed by atoms with Crippen molar-refractivity contribution < 1.29 is 9.53 Å². The first-order chi connectivity index (χ1) is 13.0. The van der Waals surface area contributed by atoms with Gasteiger partial charge in [0.05, 0.1) is 12.2 Å². The van der Waals surface area contributed by atoms with Crippen LogP contribution in [0.3, 0.4) is 0 Å². The van der Waals surface area contributed by atoms with Crippen LogP contribution in [0, 0.1) is 13.8 Å². The van der Waals surface area contributed by atoms with Crippen LogP contribution in [0.15, 0.2) is 42.7 Å². The number of nitrogens with zero attached hydrogens (tertiary/aromatic N) is 5. The Morgan fingerprint density at radius 3 is 2.81 bits per heavy atom. The molecule has 0 atom stereocenters. The van der Waals surface area contributed by atoms with E-state index in [1.54, 1.807) is 35.1 Å². The molecule has 0 saturated carbocycles. The molecule has 0 bridgehead atoms. The van der Waals surface area contributed by atoms with E-state index in [9.17, 15) is 4.79 Å². The molecule has 0 aliphatic carbocycles. The van der Waals surface area contributed by atoms with Crippen LogP contribution in [0.1, 0.15) is 34.2 Å². The molecule has 7 heteroatoms. The van der Waals surface area contributed by atoms with Gasteiger partial charge in [-0.3, -0.25) is 9.48 Å². The average Bonchev–Trinajstić information content (AvgIpc) is 3.31. The quantitative estimate of drug-likeness (QED) is 0.644. The van der Waals surface area contributed by atoms with Gasteiger partial charge in [0.15, 0.2) is 12.4 Å². The van der Waals surface area contributed by atoms with Crippen LogP contribution in [0.2, 0.25) is 0 Å². The standard InChI is InChI=1S/C20H25N5O2/c1-5-25-17(8-10-21-25)13-23(4)20(26)18-9-11-24(22-18)14-27-19-12-15(2)6-7-16(19)3/h6-12H,5,13-14H2,1-4H3. The summed E-state index contributed by atoms with van der Waals surface area (Å²) >= 11 is 0. The molecule has 2 aromatic heterocycles. The van der Waals surface area contributed by atoms with Crippen LogP contribution >= 0.6 is 0 Å². The first-order valence-corrected chi connectivity index (χ1v) is 8.97. The fourth-order valence-electron chi connectivity index (χ4n) is 2.84. The third-order valence-corrected chi connectivity index (χ3v) is 4.41. The van der Waals surface area contributed by atoms with Gasteiger partial charge in [0, 0.05) is 26.0 Å². The van der Waals surface area contributed by atoms with E-state index >= 15 is 0 Å². The molecule has 7 nitrogen and oxygen atoms in total. The smallest absolute Gasteiger partial charge is 0.274 e. The molecule has 0 unspecified atom stereocenters. The van der Waals surface area contributed by atoms with Gasteiger partial charge in [-0.15, -0.1) is 0 Å². The summed E-state index contributed by atoms with van der Waals surface area (Å²) in [6, 6.07) is 9.70. The Balaban J connectivity index is 1.62. The topological polar surface area (TPSA) is 65.2 Å². The number of rotatable bonds is 7. The minimum atomic E-state index is -0.135. The van der Waals surface area contributed by atoms with Gasteiger partial charge >= 0.3 is 0 Å². The lowest BCUT2D eigenvalue weighted by atomic mass is 10.1. The fourth-order valence-corrected chi connectivity index (χ4v) is 2.84. The zero-order chi connectivity index (χ0) is 19.4. The molecule has 2 heterocycles. The van der Waals surface area contributed by atoms with Crippen molar-refractivity contribution >= 4 is 5.91 Å². The number of hydrogen-bond donors (Lipinski definition) is 0. The molecule has 142 valence electrons. The number of amides is 1. The lowest BCUT2D eigenvalue weighted by molar-refractivity contribution is 0.0773. The van der Waals surface area contributed by atoms with Gasteiger partial charge in [-0.05, 0) is 50.1 Å². The van der Waals surface area contributed by atoms with Gasteiger partial charge in [0.2, 0.25) is 0 Å². The summed E-state index contributed by atoms with van der Waals surface area (Å²) in [7, 11) is 1.76. The maximum Gasteiger partial charge on any atom is 0.274 e. The summed E-state index contributed by atoms with van der Waals surface area (Å²) < 4.78 is 9.34. The minimum Gasteiger partial charge on any atom is -0.471 e. The SMILES string of the molecule is CCn1nccc1CN(C)C(=O)c1ccn(COc2cc(C)ccc2C)n1. The first-order valence-electron chi connectivity index (χ1n) is 8.97. The third kappa shape index (κ3) is 4.36. The zero-order valence-electron chi connectivity index (χ0n) is 16.2. The van der Waals surface area contributed by atoms with E-state index in [4.69, 9.17) is 4.74 Å². The molecule has 0 radical (unpaired) electrons. The highest BCUT2D eigenvalue weighted by atomic mass is 16.5. The molecule has 3 aromatic rings.